The summed E-state index contributed by atoms with van der Waals surface area (Å²) in [5.41, 5.74) is 1.84. The van der Waals surface area contributed by atoms with E-state index in [2.05, 4.69) is 21.8 Å². The minimum Gasteiger partial charge on any atom is -0.338 e. The average molecular weight is 512 g/mol. The molecule has 1 fully saturated rings. The van der Waals surface area contributed by atoms with Crippen molar-refractivity contribution in [2.24, 2.45) is 0 Å². The Morgan fingerprint density at radius 3 is 2.42 bits per heavy atom. The number of carbonyl (C=O) groups is 1. The van der Waals surface area contributed by atoms with Crippen molar-refractivity contribution in [3.63, 3.8) is 0 Å². The monoisotopic (exact) mass is 511 g/mol. The maximum Gasteiger partial charge on any atom is 0.255 e. The molecule has 0 spiro atoms. The number of amides is 1. The van der Waals surface area contributed by atoms with Crippen molar-refractivity contribution >= 4 is 26.8 Å². The van der Waals surface area contributed by atoms with E-state index in [4.69, 9.17) is 5.26 Å². The van der Waals surface area contributed by atoms with E-state index < -0.39 is 26.4 Å². The molecular weight excluding hydrogens is 488 g/mol. The highest BCUT2D eigenvalue weighted by molar-refractivity contribution is 7.92. The van der Waals surface area contributed by atoms with Gasteiger partial charge in [0.15, 0.2) is 9.84 Å². The van der Waals surface area contributed by atoms with E-state index in [0.29, 0.717) is 22.4 Å². The van der Waals surface area contributed by atoms with Crippen molar-refractivity contribution in [1.29, 1.82) is 5.26 Å². The smallest absolute Gasteiger partial charge is 0.255 e. The number of hydrogen-bond acceptors (Lipinski definition) is 6. The molecule has 4 heterocycles. The maximum atomic E-state index is 13.5. The fourth-order valence-electron chi connectivity index (χ4n) is 3.68. The van der Waals surface area contributed by atoms with Gasteiger partial charge in [-0.15, -0.1) is 0 Å². The van der Waals surface area contributed by atoms with Gasteiger partial charge in [-0.1, -0.05) is 5.92 Å². The minimum absolute atomic E-state index is 0.0426. The predicted octanol–water partition coefficient (Wildman–Crippen LogP) is 3.34. The highest BCUT2D eigenvalue weighted by Gasteiger charge is 2.36. The lowest BCUT2D eigenvalue weighted by Gasteiger charge is -2.31. The van der Waals surface area contributed by atoms with Gasteiger partial charge >= 0.3 is 0 Å². The highest BCUT2D eigenvalue weighted by Crippen LogP contribution is 2.29. The summed E-state index contributed by atoms with van der Waals surface area (Å²) in [6.45, 7) is 2.92. The number of halogens is 2. The molecule has 1 saturated heterocycles. The molecule has 0 N–H and O–H groups in total. The quantitative estimate of drug-likeness (QED) is 0.499. The van der Waals surface area contributed by atoms with Crippen LogP contribution >= 0.6 is 0 Å². The van der Waals surface area contributed by atoms with Gasteiger partial charge in [0.2, 0.25) is 0 Å². The molecule has 3 aromatic heterocycles. The molecule has 0 radical (unpaired) electrons. The van der Waals surface area contributed by atoms with Gasteiger partial charge in [0.05, 0.1) is 23.1 Å². The number of carbonyl (C=O) groups excluding carboxylic acids is 1. The van der Waals surface area contributed by atoms with Crippen molar-refractivity contribution < 1.29 is 22.0 Å². The molecule has 1 amide bonds. The number of aromatic nitrogens is 3. The van der Waals surface area contributed by atoms with Gasteiger partial charge in [-0.05, 0) is 44.0 Å². The molecule has 11 heteroatoms. The lowest BCUT2D eigenvalue weighted by atomic mass is 10.1. The van der Waals surface area contributed by atoms with Crippen LogP contribution in [0.3, 0.4) is 0 Å². The molecule has 186 valence electrons. The van der Waals surface area contributed by atoms with Gasteiger partial charge in [0, 0.05) is 43.8 Å². The van der Waals surface area contributed by atoms with Crippen LogP contribution in [0.15, 0.2) is 36.7 Å². The second-order valence-corrected chi connectivity index (χ2v) is 11.8. The van der Waals surface area contributed by atoms with Crippen LogP contribution in [0.5, 0.6) is 0 Å². The van der Waals surface area contributed by atoms with Crippen LogP contribution in [0, 0.1) is 23.2 Å². The summed E-state index contributed by atoms with van der Waals surface area (Å²) < 4.78 is 51.6. The first-order chi connectivity index (χ1) is 16.8. The van der Waals surface area contributed by atoms with E-state index in [-0.39, 0.29) is 37.2 Å². The molecule has 36 heavy (non-hydrogen) atoms. The summed E-state index contributed by atoms with van der Waals surface area (Å²) >= 11 is 0. The molecule has 0 bridgehead atoms. The molecule has 3 aromatic rings. The third-order valence-electron chi connectivity index (χ3n) is 6.21. The van der Waals surface area contributed by atoms with Gasteiger partial charge in [-0.3, -0.25) is 9.36 Å². The topological polar surface area (TPSA) is 109 Å². The van der Waals surface area contributed by atoms with Crippen molar-refractivity contribution in [3.8, 4) is 23.6 Å². The SMILES string of the molecule is CC(C)(C#Cc1cc2cc(C(=O)N3CCC(F)(F)CC3)cnc2n1-c1ccc(C#N)nc1)S(C)(=O)=O. The largest absolute Gasteiger partial charge is 0.338 e. The molecule has 1 aliphatic rings. The van der Waals surface area contributed by atoms with Crippen molar-refractivity contribution in [3.05, 3.63) is 53.6 Å². The van der Waals surface area contributed by atoms with Crippen LogP contribution in [0.1, 0.15) is 48.4 Å². The van der Waals surface area contributed by atoms with Crippen LogP contribution in [0.2, 0.25) is 0 Å². The van der Waals surface area contributed by atoms with Crippen molar-refractivity contribution in [1.82, 2.24) is 19.4 Å². The third-order valence-corrected chi connectivity index (χ3v) is 8.16. The van der Waals surface area contributed by atoms with E-state index >= 15 is 0 Å². The first-order valence-electron chi connectivity index (χ1n) is 11.1. The number of rotatable bonds is 3. The summed E-state index contributed by atoms with van der Waals surface area (Å²) in [5.74, 6) is 2.56. The van der Waals surface area contributed by atoms with E-state index in [9.17, 15) is 22.0 Å². The third kappa shape index (κ3) is 4.93. The van der Waals surface area contributed by atoms with Gasteiger partial charge in [0.1, 0.15) is 22.2 Å². The maximum absolute atomic E-state index is 13.5. The zero-order chi connectivity index (χ0) is 26.3. The molecule has 1 aliphatic heterocycles. The van der Waals surface area contributed by atoms with Crippen LogP contribution in [-0.2, 0) is 9.84 Å². The summed E-state index contributed by atoms with van der Waals surface area (Å²) in [4.78, 5) is 22.9. The summed E-state index contributed by atoms with van der Waals surface area (Å²) in [6.07, 6.45) is 3.19. The highest BCUT2D eigenvalue weighted by atomic mass is 32.2. The number of pyridine rings is 2. The Morgan fingerprint density at radius 2 is 1.83 bits per heavy atom. The molecule has 0 aromatic carbocycles. The number of piperidine rings is 1. The Hall–Kier alpha value is -3.83. The minimum atomic E-state index is -3.48. The van der Waals surface area contributed by atoms with Crippen LogP contribution in [-0.4, -0.2) is 63.8 Å². The number of alkyl halides is 2. The molecule has 8 nitrogen and oxygen atoms in total. The number of fused-ring (bicyclic) bond motifs is 1. The summed E-state index contributed by atoms with van der Waals surface area (Å²) in [5, 5.41) is 9.62. The zero-order valence-electron chi connectivity index (χ0n) is 19.9. The van der Waals surface area contributed by atoms with E-state index in [0.717, 1.165) is 6.26 Å². The molecule has 0 unspecified atom stereocenters. The van der Waals surface area contributed by atoms with Crippen LogP contribution in [0.4, 0.5) is 8.78 Å². The Morgan fingerprint density at radius 1 is 1.14 bits per heavy atom. The number of likely N-dealkylation sites (tertiary alicyclic amines) is 1. The van der Waals surface area contributed by atoms with Gasteiger partial charge in [0.25, 0.3) is 11.8 Å². The lowest BCUT2D eigenvalue weighted by molar-refractivity contribution is -0.0494. The van der Waals surface area contributed by atoms with E-state index in [1.807, 2.05) is 6.07 Å². The fraction of sp³-hybridized carbons (Fsp3) is 0.360. The van der Waals surface area contributed by atoms with E-state index in [1.165, 1.54) is 37.2 Å². The fourth-order valence-corrected chi connectivity index (χ4v) is 3.91. The Bertz CT molecular complexity index is 1550. The van der Waals surface area contributed by atoms with Crippen molar-refractivity contribution in [2.45, 2.75) is 37.4 Å². The predicted molar refractivity (Wildman–Crippen MR) is 129 cm³/mol. The summed E-state index contributed by atoms with van der Waals surface area (Å²) in [7, 11) is -3.48. The normalized spacial score (nSPS) is 15.7. The number of sulfone groups is 1. The van der Waals surface area contributed by atoms with Gasteiger partial charge in [-0.2, -0.15) is 5.26 Å². The number of nitrogens with zero attached hydrogens (tertiary/aromatic N) is 5. The summed E-state index contributed by atoms with van der Waals surface area (Å²) in [6, 6.07) is 8.42. The average Bonchev–Trinajstić information content (AvgIpc) is 3.19. The molecular formula is C25H23F2N5O3S. The molecule has 0 saturated carbocycles. The van der Waals surface area contributed by atoms with Crippen molar-refractivity contribution in [2.75, 3.05) is 19.3 Å². The number of nitriles is 1. The van der Waals surface area contributed by atoms with E-state index in [1.54, 1.807) is 22.8 Å². The lowest BCUT2D eigenvalue weighted by Crippen LogP contribution is -2.42. The first-order valence-corrected chi connectivity index (χ1v) is 13.0. The Balaban J connectivity index is 1.80. The zero-order valence-corrected chi connectivity index (χ0v) is 20.7. The Labute approximate surface area is 207 Å². The second kappa shape index (κ2) is 8.99. The van der Waals surface area contributed by atoms with Crippen LogP contribution < -0.4 is 0 Å². The van der Waals surface area contributed by atoms with Crippen LogP contribution in [0.25, 0.3) is 16.7 Å². The Kier molecular flexibility index (Phi) is 6.31. The second-order valence-electron chi connectivity index (χ2n) is 9.20. The van der Waals surface area contributed by atoms with Gasteiger partial charge in [-0.25, -0.2) is 27.2 Å². The molecule has 0 aliphatic carbocycles. The standard InChI is InChI=1S/C25H23F2N5O3S/c1-24(2,36(3,34)35)7-6-20-13-17-12-18(23(33)31-10-8-25(26,27)9-11-31)15-30-22(17)32(20)21-5-4-19(14-28)29-16-21/h4-5,12-13,15-16H,8-11H2,1-3H3. The number of hydrogen-bond donors (Lipinski definition) is 0. The van der Waals surface area contributed by atoms with Gasteiger partial charge < -0.3 is 4.90 Å². The molecule has 0 atom stereocenters. The molecule has 4 rings (SSSR count). The first kappa shape index (κ1) is 25.3.